The Bertz CT molecular complexity index is 315. The molecular weight excluding hydrogens is 198 g/mol. The number of carbonyl (C=O) groups excluding carboxylic acids is 2. The molecule has 0 aromatic carbocycles. The summed E-state index contributed by atoms with van der Waals surface area (Å²) in [6.45, 7) is 1.78. The van der Waals surface area contributed by atoms with Crippen molar-refractivity contribution < 1.29 is 14.3 Å². The minimum atomic E-state index is -0.859. The Hall–Kier alpha value is -2.03. The third-order valence-electron chi connectivity index (χ3n) is 1.24. The van der Waals surface area contributed by atoms with Crippen molar-refractivity contribution in [1.82, 2.24) is 10.2 Å². The van der Waals surface area contributed by atoms with E-state index in [0.717, 1.165) is 0 Å². The molecule has 0 spiro atoms. The van der Waals surface area contributed by atoms with Crippen molar-refractivity contribution in [3.8, 4) is 6.07 Å². The van der Waals surface area contributed by atoms with Crippen LogP contribution < -0.4 is 5.32 Å². The summed E-state index contributed by atoms with van der Waals surface area (Å²) in [5.41, 5.74) is -0.159. The standard InChI is InChI=1S/C9H13N3O3/c1-4-15-9(14)11-8(13)7(5-10)6-12(2)3/h6H,4H2,1-3H3,(H,11,13,14)/b7-6+. The number of amides is 2. The normalized spacial score (nSPS) is 10.1. The van der Waals surface area contributed by atoms with Gasteiger partial charge in [-0.05, 0) is 6.92 Å². The van der Waals surface area contributed by atoms with Crippen LogP contribution in [-0.2, 0) is 9.53 Å². The van der Waals surface area contributed by atoms with E-state index < -0.39 is 12.0 Å². The number of hydrogen-bond acceptors (Lipinski definition) is 5. The van der Waals surface area contributed by atoms with Crippen LogP contribution in [0.5, 0.6) is 0 Å². The van der Waals surface area contributed by atoms with Gasteiger partial charge >= 0.3 is 6.09 Å². The molecule has 0 aliphatic rings. The summed E-state index contributed by atoms with van der Waals surface area (Å²) < 4.78 is 4.49. The van der Waals surface area contributed by atoms with E-state index in [1.54, 1.807) is 27.1 Å². The lowest BCUT2D eigenvalue weighted by Crippen LogP contribution is -2.32. The van der Waals surface area contributed by atoms with Crippen molar-refractivity contribution in [2.45, 2.75) is 6.92 Å². The van der Waals surface area contributed by atoms with Gasteiger partial charge in [-0.3, -0.25) is 10.1 Å². The van der Waals surface area contributed by atoms with Crippen molar-refractivity contribution in [3.05, 3.63) is 11.8 Å². The topological polar surface area (TPSA) is 82.4 Å². The van der Waals surface area contributed by atoms with E-state index in [1.165, 1.54) is 11.1 Å². The predicted molar refractivity (Wildman–Crippen MR) is 52.5 cm³/mol. The van der Waals surface area contributed by atoms with Gasteiger partial charge in [0, 0.05) is 20.3 Å². The summed E-state index contributed by atoms with van der Waals surface area (Å²) in [6.07, 6.45) is 0.455. The number of nitrogens with one attached hydrogen (secondary N) is 1. The van der Waals surface area contributed by atoms with Crippen molar-refractivity contribution in [3.63, 3.8) is 0 Å². The molecule has 0 radical (unpaired) electrons. The lowest BCUT2D eigenvalue weighted by Gasteiger charge is -2.06. The first-order valence-electron chi connectivity index (χ1n) is 4.27. The highest BCUT2D eigenvalue weighted by Gasteiger charge is 2.13. The quantitative estimate of drug-likeness (QED) is 0.533. The second-order valence-corrected chi connectivity index (χ2v) is 2.79. The monoisotopic (exact) mass is 211 g/mol. The van der Waals surface area contributed by atoms with E-state index in [2.05, 4.69) is 4.74 Å². The van der Waals surface area contributed by atoms with Crippen LogP contribution in [0.4, 0.5) is 4.79 Å². The van der Waals surface area contributed by atoms with Crippen LogP contribution in [0.1, 0.15) is 6.92 Å². The Balaban J connectivity index is 4.44. The Morgan fingerprint density at radius 1 is 1.53 bits per heavy atom. The van der Waals surface area contributed by atoms with Gasteiger partial charge in [0.1, 0.15) is 11.6 Å². The number of carbonyl (C=O) groups is 2. The zero-order chi connectivity index (χ0) is 11.8. The number of hydrogen-bond donors (Lipinski definition) is 1. The van der Waals surface area contributed by atoms with Gasteiger partial charge in [-0.15, -0.1) is 0 Å². The number of alkyl carbamates (subject to hydrolysis) is 1. The maximum Gasteiger partial charge on any atom is 0.414 e. The average molecular weight is 211 g/mol. The third kappa shape index (κ3) is 5.31. The molecule has 0 fully saturated rings. The Morgan fingerprint density at radius 3 is 2.53 bits per heavy atom. The summed E-state index contributed by atoms with van der Waals surface area (Å²) in [5.74, 6) is -0.773. The van der Waals surface area contributed by atoms with Gasteiger partial charge in [-0.1, -0.05) is 0 Å². The second-order valence-electron chi connectivity index (χ2n) is 2.79. The highest BCUT2D eigenvalue weighted by Crippen LogP contribution is 1.94. The van der Waals surface area contributed by atoms with Gasteiger partial charge in [-0.2, -0.15) is 5.26 Å². The van der Waals surface area contributed by atoms with Crippen LogP contribution >= 0.6 is 0 Å². The minimum absolute atomic E-state index is 0.159. The molecule has 0 saturated heterocycles. The van der Waals surface area contributed by atoms with Crippen LogP contribution in [0.15, 0.2) is 11.8 Å². The van der Waals surface area contributed by atoms with Crippen molar-refractivity contribution in [1.29, 1.82) is 5.26 Å². The molecule has 82 valence electrons. The molecular formula is C9H13N3O3. The lowest BCUT2D eigenvalue weighted by atomic mass is 10.3. The first-order chi connectivity index (χ1) is 7.01. The van der Waals surface area contributed by atoms with E-state index >= 15 is 0 Å². The van der Waals surface area contributed by atoms with Gasteiger partial charge in [0.05, 0.1) is 6.61 Å². The molecule has 2 amide bonds. The Kier molecular flexibility index (Phi) is 5.56. The second kappa shape index (κ2) is 6.43. The molecule has 0 saturated carbocycles. The fourth-order valence-electron chi connectivity index (χ4n) is 0.724. The molecule has 1 N–H and O–H groups in total. The molecule has 0 aromatic rings. The van der Waals surface area contributed by atoms with E-state index in [9.17, 15) is 9.59 Å². The molecule has 0 aliphatic carbocycles. The zero-order valence-electron chi connectivity index (χ0n) is 8.90. The van der Waals surface area contributed by atoms with E-state index in [1.807, 2.05) is 5.32 Å². The van der Waals surface area contributed by atoms with Gasteiger partial charge < -0.3 is 9.64 Å². The molecule has 15 heavy (non-hydrogen) atoms. The molecule has 0 atom stereocenters. The van der Waals surface area contributed by atoms with Crippen molar-refractivity contribution >= 4 is 12.0 Å². The molecule has 0 unspecified atom stereocenters. The molecule has 0 bridgehead atoms. The highest BCUT2D eigenvalue weighted by molar-refractivity contribution is 6.04. The predicted octanol–water partition coefficient (Wildman–Crippen LogP) is 0.228. The highest BCUT2D eigenvalue weighted by atomic mass is 16.5. The van der Waals surface area contributed by atoms with Gasteiger partial charge in [0.25, 0.3) is 5.91 Å². The lowest BCUT2D eigenvalue weighted by molar-refractivity contribution is -0.116. The zero-order valence-corrected chi connectivity index (χ0v) is 8.90. The smallest absolute Gasteiger partial charge is 0.414 e. The third-order valence-corrected chi connectivity index (χ3v) is 1.24. The number of imide groups is 1. The number of nitrogens with zero attached hydrogens (tertiary/aromatic N) is 2. The Morgan fingerprint density at radius 2 is 2.13 bits per heavy atom. The van der Waals surface area contributed by atoms with Crippen LogP contribution in [0, 0.1) is 11.3 Å². The number of ether oxygens (including phenoxy) is 1. The van der Waals surface area contributed by atoms with Crippen LogP contribution in [0.25, 0.3) is 0 Å². The van der Waals surface area contributed by atoms with Crippen LogP contribution in [0.2, 0.25) is 0 Å². The summed E-state index contributed by atoms with van der Waals surface area (Å²) >= 11 is 0. The maximum absolute atomic E-state index is 11.3. The van der Waals surface area contributed by atoms with Gasteiger partial charge in [0.2, 0.25) is 0 Å². The molecule has 0 rings (SSSR count). The molecule has 6 heteroatoms. The average Bonchev–Trinajstić information content (AvgIpc) is 2.13. The van der Waals surface area contributed by atoms with Crippen LogP contribution in [0.3, 0.4) is 0 Å². The molecule has 0 heterocycles. The largest absolute Gasteiger partial charge is 0.450 e. The molecule has 0 aromatic heterocycles. The minimum Gasteiger partial charge on any atom is -0.450 e. The maximum atomic E-state index is 11.3. The van der Waals surface area contributed by atoms with E-state index in [4.69, 9.17) is 5.26 Å². The number of nitriles is 1. The SMILES string of the molecule is CCOC(=O)NC(=O)/C(C#N)=C/N(C)C. The van der Waals surface area contributed by atoms with Crippen LogP contribution in [-0.4, -0.2) is 37.6 Å². The van der Waals surface area contributed by atoms with Gasteiger partial charge in [0.15, 0.2) is 0 Å². The van der Waals surface area contributed by atoms with E-state index in [0.29, 0.717) is 0 Å². The van der Waals surface area contributed by atoms with Crippen molar-refractivity contribution in [2.75, 3.05) is 20.7 Å². The molecule has 6 nitrogen and oxygen atoms in total. The fourth-order valence-corrected chi connectivity index (χ4v) is 0.724. The summed E-state index contributed by atoms with van der Waals surface area (Å²) in [5, 5.41) is 10.5. The number of rotatable bonds is 3. The first-order valence-corrected chi connectivity index (χ1v) is 4.27. The van der Waals surface area contributed by atoms with Crippen molar-refractivity contribution in [2.24, 2.45) is 0 Å². The summed E-state index contributed by atoms with van der Waals surface area (Å²) in [4.78, 5) is 23.7. The van der Waals surface area contributed by atoms with Gasteiger partial charge in [-0.25, -0.2) is 4.79 Å². The molecule has 0 aliphatic heterocycles. The first kappa shape index (κ1) is 13.0. The fraction of sp³-hybridized carbons (Fsp3) is 0.444. The summed E-state index contributed by atoms with van der Waals surface area (Å²) in [7, 11) is 3.32. The Labute approximate surface area is 88.1 Å². The van der Waals surface area contributed by atoms with E-state index in [-0.39, 0.29) is 12.2 Å². The summed E-state index contributed by atoms with van der Waals surface area (Å²) in [6, 6.07) is 1.68.